The summed E-state index contributed by atoms with van der Waals surface area (Å²) < 4.78 is 5.34. The van der Waals surface area contributed by atoms with Crippen LogP contribution < -0.4 is 9.80 Å². The van der Waals surface area contributed by atoms with E-state index in [1.54, 1.807) is 0 Å². The number of thiophene rings is 2. The van der Waals surface area contributed by atoms with Crippen molar-refractivity contribution in [1.29, 1.82) is 0 Å². The molecular formula is C122H112N8S2. The Morgan fingerprint density at radius 1 is 0.280 bits per heavy atom. The van der Waals surface area contributed by atoms with E-state index in [9.17, 15) is 0 Å². The number of rotatable bonds is 12. The molecule has 12 aromatic carbocycles. The maximum atomic E-state index is 5.78. The van der Waals surface area contributed by atoms with Crippen LogP contribution in [0.25, 0.3) is 63.1 Å². The lowest BCUT2D eigenvalue weighted by molar-refractivity contribution is -0.00981. The van der Waals surface area contributed by atoms with E-state index in [1.807, 2.05) is 22.7 Å². The SMILES string of the molecule is Cc1cc(-c2nc(C34CC5CC(CC(C5)C3)C4)nc(C34CC5CCCC(C3)C5C4)n2)cc(C)c1N1c2ccccc2C(c2ccccc2)(c2cccc3c2sc2ccccc23)c2ccccc21.c1ccc(C2(c3cccc4c3sc3ccccc34)c3ccccc3N(c3ccc(-c4nc(C56CC7CC(CC(C7)C5)C6)nc(C56CC7CCCC(C5)C7C6)n4)cc3)c3ccccc32)cc1. The highest BCUT2D eigenvalue weighted by Gasteiger charge is 2.63. The lowest BCUT2D eigenvalue weighted by Gasteiger charge is -2.56. The molecule has 4 unspecified atom stereocenters. The van der Waals surface area contributed by atoms with Crippen LogP contribution >= 0.6 is 22.7 Å². The van der Waals surface area contributed by atoms with Gasteiger partial charge in [0.2, 0.25) is 0 Å². The third-order valence-electron chi connectivity index (χ3n) is 37.4. The van der Waals surface area contributed by atoms with E-state index in [0.717, 1.165) is 123 Å². The predicted octanol–water partition coefficient (Wildman–Crippen LogP) is 30.6. The molecule has 14 fully saturated rings. The van der Waals surface area contributed by atoms with E-state index in [4.69, 9.17) is 29.9 Å². The quantitative estimate of drug-likeness (QED) is 0.120. The van der Waals surface area contributed by atoms with Crippen LogP contribution in [0.2, 0.25) is 0 Å². The van der Waals surface area contributed by atoms with Crippen LogP contribution in [0.1, 0.15) is 233 Å². The Labute approximate surface area is 783 Å². The minimum atomic E-state index is -0.570. The standard InChI is InChI=1S/C62H58N4S.C60H54N4S/c1-37-26-44(57-63-58(60-31-39-28-40(32-60)30-41(29-39)33-60)65-59(64-57)61-34-42-14-12-15-43(35-61)48(42)36-61)27-38(2)55(37)66-52-23-9-7-20-49(52)62(45-16-4-3-5-17-45,50-21-8-10-24-53(50)66)51-22-13-19-47-46-18-6-11-25-54(46)67-56(47)51;1-2-14-43(15-3-1)60(50-20-11-17-46-45-16-4-9-23-53(45)65-54(46)50)48-18-5-7-21-51(48)64(52-22-8-6-19-49(52)60)44-26-24-40(25-27-44)55-61-56(58-31-37-28-38(32-58)30-39(29-37)33-58)63-57(62-55)59-34-41-12-10-13-42(35-59)47(41)36-59/h3-11,13,16-27,39-43,48H,12,14-15,28-36H2,1-2H3;1-9,11,14-27,37-39,41-42,47H,10,12-13,28-36H2. The number of fused-ring (bicyclic) bond motifs is 12. The number of nitrogens with zero attached hydrogens (tertiary/aromatic N) is 8. The lowest BCUT2D eigenvalue weighted by atomic mass is 9.49. The molecule has 0 N–H and O–H groups in total. The second-order valence-electron chi connectivity index (χ2n) is 44.6. The molecule has 14 aliphatic carbocycles. The van der Waals surface area contributed by atoms with Gasteiger partial charge in [-0.3, -0.25) is 0 Å². The molecular weight excluding hydrogens is 1640 g/mol. The van der Waals surface area contributed by atoms with Crippen molar-refractivity contribution in [3.8, 4) is 22.8 Å². The zero-order chi connectivity index (χ0) is 86.7. The van der Waals surface area contributed by atoms with E-state index in [-0.39, 0.29) is 21.7 Å². The van der Waals surface area contributed by atoms with Crippen molar-refractivity contribution in [2.45, 2.75) is 200 Å². The molecule has 0 saturated heterocycles. The second kappa shape index (κ2) is 29.1. The number of benzene rings is 12. The number of para-hydroxylation sites is 4. The van der Waals surface area contributed by atoms with E-state index < -0.39 is 10.8 Å². The maximum Gasteiger partial charge on any atom is 0.163 e. The number of hydrogen-bond donors (Lipinski definition) is 0. The monoisotopic (exact) mass is 1750 g/mol. The van der Waals surface area contributed by atoms with Crippen LogP contribution in [-0.4, -0.2) is 29.9 Å². The number of aryl methyl sites for hydroxylation is 2. The second-order valence-corrected chi connectivity index (χ2v) is 46.7. The molecule has 32 rings (SSSR count). The van der Waals surface area contributed by atoms with Crippen molar-refractivity contribution in [3.63, 3.8) is 0 Å². The summed E-state index contributed by atoms with van der Waals surface area (Å²) in [5, 5.41) is 5.29. The highest BCUT2D eigenvalue weighted by atomic mass is 32.1. The van der Waals surface area contributed by atoms with Crippen molar-refractivity contribution >= 4 is 97.1 Å². The van der Waals surface area contributed by atoms with Gasteiger partial charge < -0.3 is 9.80 Å². The summed E-state index contributed by atoms with van der Waals surface area (Å²) in [6, 6.07) is 105. The van der Waals surface area contributed by atoms with E-state index in [0.29, 0.717) is 0 Å². The summed E-state index contributed by atoms with van der Waals surface area (Å²) in [7, 11) is 0. The molecule has 6 heterocycles. The summed E-state index contributed by atoms with van der Waals surface area (Å²) >= 11 is 3.85. The van der Waals surface area contributed by atoms with E-state index >= 15 is 0 Å². The van der Waals surface area contributed by atoms with Gasteiger partial charge in [0, 0.05) is 78.8 Å². The number of hydrogen-bond acceptors (Lipinski definition) is 10. The minimum Gasteiger partial charge on any atom is -0.310 e. The van der Waals surface area contributed by atoms with Gasteiger partial charge in [-0.15, -0.1) is 22.7 Å². The summed E-state index contributed by atoms with van der Waals surface area (Å²) in [6.45, 7) is 4.66. The van der Waals surface area contributed by atoms with Crippen molar-refractivity contribution in [2.24, 2.45) is 71.0 Å². The molecule has 16 aromatic rings. The van der Waals surface area contributed by atoms with Crippen molar-refractivity contribution in [2.75, 3.05) is 9.80 Å². The van der Waals surface area contributed by atoms with Crippen LogP contribution in [0.3, 0.4) is 0 Å². The fourth-order valence-electron chi connectivity index (χ4n) is 33.5. The van der Waals surface area contributed by atoms with Crippen molar-refractivity contribution in [3.05, 3.63) is 358 Å². The Bertz CT molecular complexity index is 7180. The van der Waals surface area contributed by atoms with Gasteiger partial charge in [-0.2, -0.15) is 0 Å². The van der Waals surface area contributed by atoms with Gasteiger partial charge in [0.05, 0.1) is 39.3 Å². The Hall–Kier alpha value is -11.3. The molecule has 12 bridgehead atoms. The zero-order valence-corrected chi connectivity index (χ0v) is 77.5. The van der Waals surface area contributed by atoms with Gasteiger partial charge >= 0.3 is 0 Å². The topological polar surface area (TPSA) is 83.8 Å². The highest BCUT2D eigenvalue weighted by molar-refractivity contribution is 7.26. The first-order chi connectivity index (χ1) is 64.9. The maximum absolute atomic E-state index is 5.78. The minimum absolute atomic E-state index is 0.112. The summed E-state index contributed by atoms with van der Waals surface area (Å²) in [4.78, 5) is 39.2. The van der Waals surface area contributed by atoms with Crippen LogP contribution in [0.15, 0.2) is 279 Å². The molecule has 14 saturated carbocycles. The Morgan fingerprint density at radius 2 is 0.598 bits per heavy atom. The van der Waals surface area contributed by atoms with Gasteiger partial charge in [-0.05, 0) is 329 Å². The largest absolute Gasteiger partial charge is 0.310 e. The third-order valence-corrected chi connectivity index (χ3v) is 39.9. The van der Waals surface area contributed by atoms with Crippen LogP contribution in [0, 0.1) is 84.9 Å². The molecule has 8 nitrogen and oxygen atoms in total. The fourth-order valence-corrected chi connectivity index (χ4v) is 36.0. The van der Waals surface area contributed by atoms with Crippen LogP contribution in [-0.2, 0) is 32.5 Å². The highest BCUT2D eigenvalue weighted by Crippen LogP contribution is 2.70. The molecule has 0 amide bonds. The Kier molecular flexibility index (Phi) is 17.2. The predicted molar refractivity (Wildman–Crippen MR) is 538 cm³/mol. The van der Waals surface area contributed by atoms with Crippen LogP contribution in [0.4, 0.5) is 34.1 Å². The lowest BCUT2D eigenvalue weighted by Crippen LogP contribution is -2.49. The first-order valence-corrected chi connectivity index (χ1v) is 52.2. The smallest absolute Gasteiger partial charge is 0.163 e. The molecule has 10 heteroatoms. The number of aromatic nitrogens is 6. The molecule has 2 aliphatic heterocycles. The fraction of sp³-hybridized carbons (Fsp3) is 0.361. The third kappa shape index (κ3) is 11.3. The molecule has 4 atom stereocenters. The zero-order valence-electron chi connectivity index (χ0n) is 75.9. The first kappa shape index (κ1) is 78.2. The molecule has 16 aliphatic rings. The van der Waals surface area contributed by atoms with E-state index in [2.05, 4.69) is 303 Å². The van der Waals surface area contributed by atoms with Crippen molar-refractivity contribution < 1.29 is 0 Å². The molecule has 0 spiro atoms. The summed E-state index contributed by atoms with van der Waals surface area (Å²) in [5.41, 5.74) is 21.7. The molecule has 4 aromatic heterocycles. The summed E-state index contributed by atoms with van der Waals surface area (Å²) in [6.07, 6.45) is 32.4. The van der Waals surface area contributed by atoms with Gasteiger partial charge in [-0.25, -0.2) is 29.9 Å². The van der Waals surface area contributed by atoms with Crippen molar-refractivity contribution in [1.82, 2.24) is 29.9 Å². The average molecular weight is 1750 g/mol. The van der Waals surface area contributed by atoms with Crippen LogP contribution in [0.5, 0.6) is 0 Å². The molecule has 0 radical (unpaired) electrons. The molecule has 132 heavy (non-hydrogen) atoms. The first-order valence-electron chi connectivity index (χ1n) is 50.6. The number of anilines is 6. The van der Waals surface area contributed by atoms with Gasteiger partial charge in [0.25, 0.3) is 0 Å². The van der Waals surface area contributed by atoms with Gasteiger partial charge in [-0.1, -0.05) is 245 Å². The Morgan fingerprint density at radius 3 is 0.977 bits per heavy atom. The van der Waals surface area contributed by atoms with Gasteiger partial charge in [0.15, 0.2) is 11.6 Å². The summed E-state index contributed by atoms with van der Waals surface area (Å²) in [5.74, 6) is 16.7. The average Bonchev–Trinajstić information content (AvgIpc) is 1.02. The normalized spacial score (nSPS) is 29.7. The van der Waals surface area contributed by atoms with Gasteiger partial charge in [0.1, 0.15) is 23.3 Å². The Balaban J connectivity index is 0.000000129. The molecule has 652 valence electrons. The van der Waals surface area contributed by atoms with E-state index in [1.165, 1.54) is 279 Å².